The first-order valence-corrected chi connectivity index (χ1v) is 12.3. The van der Waals surface area contributed by atoms with Crippen molar-refractivity contribution in [3.63, 3.8) is 0 Å². The molecule has 2 aromatic heterocycles. The third-order valence-corrected chi connectivity index (χ3v) is 7.43. The van der Waals surface area contributed by atoms with Crippen LogP contribution in [0.1, 0.15) is 70.5 Å². The summed E-state index contributed by atoms with van der Waals surface area (Å²) in [6.45, 7) is 5.46. The van der Waals surface area contributed by atoms with E-state index < -0.39 is 17.9 Å². The molecule has 1 N–H and O–H groups in total. The van der Waals surface area contributed by atoms with E-state index in [2.05, 4.69) is 17.2 Å². The zero-order chi connectivity index (χ0) is 22.5. The lowest BCUT2D eigenvalue weighted by molar-refractivity contribution is -0.173. The topological polar surface area (TPSA) is 121 Å². The van der Waals surface area contributed by atoms with Gasteiger partial charge in [-0.15, -0.1) is 5.10 Å². The third-order valence-electron chi connectivity index (χ3n) is 6.38. The molecule has 0 radical (unpaired) electrons. The monoisotopic (exact) mass is 463 g/mol. The van der Waals surface area contributed by atoms with Crippen LogP contribution in [-0.2, 0) is 19.0 Å². The van der Waals surface area contributed by atoms with Gasteiger partial charge >= 0.3 is 5.97 Å². The first kappa shape index (κ1) is 22.0. The molecule has 4 atom stereocenters. The molecule has 0 amide bonds. The fourth-order valence-corrected chi connectivity index (χ4v) is 5.47. The highest BCUT2D eigenvalue weighted by Gasteiger charge is 2.56. The van der Waals surface area contributed by atoms with Gasteiger partial charge in [-0.05, 0) is 33.1 Å². The minimum absolute atomic E-state index is 0.223. The predicted octanol–water partition coefficient (Wildman–Crippen LogP) is 2.93. The molecule has 0 aromatic carbocycles. The average Bonchev–Trinajstić information content (AvgIpc) is 3.34. The van der Waals surface area contributed by atoms with Gasteiger partial charge in [0.1, 0.15) is 18.8 Å². The highest BCUT2D eigenvalue weighted by Crippen LogP contribution is 2.46. The fraction of sp³-hybridized carbons (Fsp3) is 0.762. The summed E-state index contributed by atoms with van der Waals surface area (Å²) in [7, 11) is 0. The number of thioether (sulfide) groups is 1. The molecular weight excluding hydrogens is 434 g/mol. The SMILES string of the molecule is CCCSc1nc(C2CCC2)c2nnn(C3CC(OCC(=O)O)C4OC(C)(C)OC43)c2n1. The second-order valence-corrected chi connectivity index (χ2v) is 10.2. The van der Waals surface area contributed by atoms with Gasteiger partial charge in [0.25, 0.3) is 0 Å². The highest BCUT2D eigenvalue weighted by atomic mass is 32.2. The summed E-state index contributed by atoms with van der Waals surface area (Å²) in [6, 6.07) is -0.223. The largest absolute Gasteiger partial charge is 0.480 e. The van der Waals surface area contributed by atoms with Crippen LogP contribution in [0, 0.1) is 0 Å². The Kier molecular flexibility index (Phi) is 5.85. The number of fused-ring (bicyclic) bond motifs is 2. The Morgan fingerprint density at radius 1 is 1.28 bits per heavy atom. The van der Waals surface area contributed by atoms with Crippen molar-refractivity contribution in [3.05, 3.63) is 5.69 Å². The Balaban J connectivity index is 1.52. The van der Waals surface area contributed by atoms with Crippen LogP contribution in [0.15, 0.2) is 5.16 Å². The maximum absolute atomic E-state index is 11.1. The van der Waals surface area contributed by atoms with Crippen molar-refractivity contribution in [3.8, 4) is 0 Å². The van der Waals surface area contributed by atoms with E-state index in [4.69, 9.17) is 29.3 Å². The smallest absolute Gasteiger partial charge is 0.329 e. The van der Waals surface area contributed by atoms with Crippen LogP contribution in [0.2, 0.25) is 0 Å². The van der Waals surface area contributed by atoms with Crippen molar-refractivity contribution in [1.82, 2.24) is 25.0 Å². The molecule has 0 bridgehead atoms. The van der Waals surface area contributed by atoms with Crippen molar-refractivity contribution < 1.29 is 24.1 Å². The normalized spacial score (nSPS) is 29.3. The zero-order valence-corrected chi connectivity index (χ0v) is 19.4. The van der Waals surface area contributed by atoms with Crippen LogP contribution < -0.4 is 0 Å². The number of carboxylic acids is 1. The number of carboxylic acid groups (broad SMARTS) is 1. The summed E-state index contributed by atoms with van der Waals surface area (Å²) in [5.74, 6) is -0.449. The van der Waals surface area contributed by atoms with Gasteiger partial charge in [-0.25, -0.2) is 19.4 Å². The van der Waals surface area contributed by atoms with Crippen molar-refractivity contribution in [1.29, 1.82) is 0 Å². The van der Waals surface area contributed by atoms with Crippen LogP contribution in [0.5, 0.6) is 0 Å². The molecule has 32 heavy (non-hydrogen) atoms. The Labute approximate surface area is 190 Å². The van der Waals surface area contributed by atoms with Gasteiger partial charge in [0.2, 0.25) is 0 Å². The molecule has 11 heteroatoms. The van der Waals surface area contributed by atoms with Crippen LogP contribution in [0.3, 0.4) is 0 Å². The number of aliphatic carboxylic acids is 1. The summed E-state index contributed by atoms with van der Waals surface area (Å²) < 4.78 is 19.8. The minimum atomic E-state index is -1.01. The van der Waals surface area contributed by atoms with E-state index in [1.54, 1.807) is 11.8 Å². The van der Waals surface area contributed by atoms with Crippen molar-refractivity contribution in [2.24, 2.45) is 0 Å². The summed E-state index contributed by atoms with van der Waals surface area (Å²) in [6.07, 6.45) is 3.86. The van der Waals surface area contributed by atoms with E-state index >= 15 is 0 Å². The lowest BCUT2D eigenvalue weighted by atomic mass is 9.82. The second-order valence-electron chi connectivity index (χ2n) is 9.18. The zero-order valence-electron chi connectivity index (χ0n) is 18.6. The number of hydrogen-bond acceptors (Lipinski definition) is 9. The number of ether oxygens (including phenoxy) is 3. The lowest BCUT2D eigenvalue weighted by Crippen LogP contribution is -2.32. The molecule has 2 aromatic rings. The van der Waals surface area contributed by atoms with Crippen molar-refractivity contribution in [2.75, 3.05) is 12.4 Å². The molecule has 2 saturated carbocycles. The van der Waals surface area contributed by atoms with E-state index in [0.717, 1.165) is 41.4 Å². The number of rotatable bonds is 8. The number of nitrogens with zero attached hydrogens (tertiary/aromatic N) is 5. The molecule has 4 unspecified atom stereocenters. The Morgan fingerprint density at radius 2 is 2.06 bits per heavy atom. The third kappa shape index (κ3) is 4.00. The van der Waals surface area contributed by atoms with Gasteiger partial charge in [0.15, 0.2) is 22.1 Å². The molecule has 2 aliphatic carbocycles. The fourth-order valence-electron chi connectivity index (χ4n) is 4.77. The summed E-state index contributed by atoms with van der Waals surface area (Å²) >= 11 is 1.65. The molecule has 5 rings (SSSR count). The van der Waals surface area contributed by atoms with Gasteiger partial charge in [0.05, 0.1) is 17.8 Å². The molecule has 174 valence electrons. The van der Waals surface area contributed by atoms with Crippen LogP contribution in [0.25, 0.3) is 11.2 Å². The molecule has 3 heterocycles. The summed E-state index contributed by atoms with van der Waals surface area (Å²) in [4.78, 5) is 20.7. The maximum atomic E-state index is 11.1. The van der Waals surface area contributed by atoms with Crippen LogP contribution in [0.4, 0.5) is 0 Å². The standard InChI is InChI=1S/C21H29N5O5S/c1-4-8-32-20-22-15(11-6-5-7-11)16-19(23-20)26(25-24-16)12-9-13(29-10-14(27)28)18-17(12)30-21(2,3)31-18/h11-13,17-18H,4-10H2,1-3H3,(H,27,28). The van der Waals surface area contributed by atoms with Gasteiger partial charge in [-0.2, -0.15) is 0 Å². The molecule has 10 nitrogen and oxygen atoms in total. The molecule has 1 saturated heterocycles. The lowest BCUT2D eigenvalue weighted by Gasteiger charge is -2.25. The highest BCUT2D eigenvalue weighted by molar-refractivity contribution is 7.99. The van der Waals surface area contributed by atoms with Crippen molar-refractivity contribution in [2.45, 2.75) is 94.1 Å². The average molecular weight is 464 g/mol. The van der Waals surface area contributed by atoms with E-state index in [0.29, 0.717) is 18.0 Å². The maximum Gasteiger partial charge on any atom is 0.329 e. The Bertz CT molecular complexity index is 1010. The van der Waals surface area contributed by atoms with Crippen LogP contribution >= 0.6 is 11.8 Å². The number of aromatic nitrogens is 5. The summed E-state index contributed by atoms with van der Waals surface area (Å²) in [5, 5.41) is 18.8. The number of hydrogen-bond donors (Lipinski definition) is 1. The van der Waals surface area contributed by atoms with Gasteiger partial charge in [0, 0.05) is 18.1 Å². The van der Waals surface area contributed by atoms with Gasteiger partial charge in [-0.1, -0.05) is 30.3 Å². The predicted molar refractivity (Wildman–Crippen MR) is 116 cm³/mol. The quantitative estimate of drug-likeness (QED) is 0.462. The van der Waals surface area contributed by atoms with E-state index in [1.165, 1.54) is 6.42 Å². The van der Waals surface area contributed by atoms with E-state index in [-0.39, 0.29) is 24.9 Å². The van der Waals surface area contributed by atoms with Crippen LogP contribution in [-0.4, -0.2) is 72.5 Å². The first-order valence-electron chi connectivity index (χ1n) is 11.3. The molecular formula is C21H29N5O5S. The Morgan fingerprint density at radius 3 is 2.75 bits per heavy atom. The van der Waals surface area contributed by atoms with Gasteiger partial charge < -0.3 is 19.3 Å². The van der Waals surface area contributed by atoms with Gasteiger partial charge in [-0.3, -0.25) is 0 Å². The minimum Gasteiger partial charge on any atom is -0.480 e. The molecule has 3 fully saturated rings. The molecule has 1 aliphatic heterocycles. The first-order chi connectivity index (χ1) is 15.4. The van der Waals surface area contributed by atoms with Crippen molar-refractivity contribution >= 4 is 28.9 Å². The molecule has 3 aliphatic rings. The van der Waals surface area contributed by atoms with E-state index in [9.17, 15) is 4.79 Å². The Hall–Kier alpha value is -1.82. The second kappa shape index (κ2) is 8.51. The molecule has 0 spiro atoms. The van der Waals surface area contributed by atoms with E-state index in [1.807, 2.05) is 18.5 Å². The number of carbonyl (C=O) groups is 1. The summed E-state index contributed by atoms with van der Waals surface area (Å²) in [5.41, 5.74) is 2.44.